The molecule has 1 aliphatic rings. The van der Waals surface area contributed by atoms with Crippen LogP contribution in [0.25, 0.3) is 11.3 Å². The number of aryl methyl sites for hydroxylation is 2. The maximum absolute atomic E-state index is 12.8. The van der Waals surface area contributed by atoms with Gasteiger partial charge in [0.2, 0.25) is 11.9 Å². The van der Waals surface area contributed by atoms with Crippen LogP contribution < -0.4 is 21.3 Å². The van der Waals surface area contributed by atoms with Crippen LogP contribution in [0.15, 0.2) is 47.1 Å². The summed E-state index contributed by atoms with van der Waals surface area (Å²) in [6.45, 7) is 4.27. The van der Waals surface area contributed by atoms with Crippen molar-refractivity contribution < 1.29 is 14.1 Å². The van der Waals surface area contributed by atoms with E-state index < -0.39 is 0 Å². The van der Waals surface area contributed by atoms with E-state index >= 15 is 0 Å². The van der Waals surface area contributed by atoms with Crippen molar-refractivity contribution in [3.63, 3.8) is 0 Å². The van der Waals surface area contributed by atoms with E-state index in [1.165, 1.54) is 6.08 Å². The molecule has 0 spiro atoms. The molecule has 37 heavy (non-hydrogen) atoms. The van der Waals surface area contributed by atoms with E-state index in [0.717, 1.165) is 24.8 Å². The zero-order valence-electron chi connectivity index (χ0n) is 21.0. The Morgan fingerprint density at radius 3 is 2.62 bits per heavy atom. The molecule has 0 saturated heterocycles. The van der Waals surface area contributed by atoms with Gasteiger partial charge in [0.15, 0.2) is 0 Å². The van der Waals surface area contributed by atoms with Gasteiger partial charge in [-0.1, -0.05) is 22.8 Å². The van der Waals surface area contributed by atoms with Crippen molar-refractivity contribution in [1.29, 1.82) is 0 Å². The molecule has 2 aromatic heterocycles. The molecule has 2 atom stereocenters. The molecule has 4 rings (SSSR count). The molecule has 3 aromatic rings. The van der Waals surface area contributed by atoms with Crippen LogP contribution in [0.2, 0.25) is 5.02 Å². The fourth-order valence-corrected chi connectivity index (χ4v) is 4.49. The number of amides is 2. The molecule has 0 aliphatic heterocycles. The highest BCUT2D eigenvalue weighted by Gasteiger charge is 2.27. The number of aromatic nitrogens is 3. The van der Waals surface area contributed by atoms with Crippen LogP contribution in [0.1, 0.15) is 41.1 Å². The second-order valence-electron chi connectivity index (χ2n) is 8.94. The van der Waals surface area contributed by atoms with Gasteiger partial charge in [0, 0.05) is 36.0 Å². The van der Waals surface area contributed by atoms with Gasteiger partial charge < -0.3 is 25.8 Å². The lowest BCUT2D eigenvalue weighted by molar-refractivity contribution is -0.111. The monoisotopic (exact) mass is 523 g/mol. The van der Waals surface area contributed by atoms with Gasteiger partial charge in [-0.3, -0.25) is 9.59 Å². The van der Waals surface area contributed by atoms with Gasteiger partial charge in [-0.05, 0) is 64.4 Å². The van der Waals surface area contributed by atoms with Gasteiger partial charge in [-0.15, -0.1) is 0 Å². The number of hydrogen-bond donors (Lipinski definition) is 4. The van der Waals surface area contributed by atoms with Crippen LogP contribution in [-0.4, -0.2) is 52.6 Å². The van der Waals surface area contributed by atoms with Gasteiger partial charge in [0.25, 0.3) is 5.91 Å². The summed E-state index contributed by atoms with van der Waals surface area (Å²) in [5.74, 6) is 0.737. The van der Waals surface area contributed by atoms with Crippen LogP contribution in [-0.2, 0) is 4.79 Å². The minimum absolute atomic E-state index is 0.0241. The highest BCUT2D eigenvalue weighted by molar-refractivity contribution is 6.33. The average molecular weight is 524 g/mol. The molecule has 0 bridgehead atoms. The maximum atomic E-state index is 12.8. The smallest absolute Gasteiger partial charge is 0.251 e. The molecule has 1 saturated carbocycles. The summed E-state index contributed by atoms with van der Waals surface area (Å²) in [7, 11) is 1.81. The lowest BCUT2D eigenvalue weighted by Crippen LogP contribution is -2.34. The molecule has 2 amide bonds. The molecule has 194 valence electrons. The molecule has 1 aliphatic carbocycles. The zero-order valence-corrected chi connectivity index (χ0v) is 21.7. The largest absolute Gasteiger partial charge is 0.361 e. The van der Waals surface area contributed by atoms with E-state index in [0.29, 0.717) is 45.9 Å². The maximum Gasteiger partial charge on any atom is 0.251 e. The van der Waals surface area contributed by atoms with Crippen molar-refractivity contribution in [2.75, 3.05) is 24.2 Å². The lowest BCUT2D eigenvalue weighted by Gasteiger charge is -2.15. The highest BCUT2D eigenvalue weighted by atomic mass is 35.5. The van der Waals surface area contributed by atoms with E-state index in [-0.39, 0.29) is 23.9 Å². The topological polar surface area (TPSA) is 134 Å². The quantitative estimate of drug-likeness (QED) is 0.310. The summed E-state index contributed by atoms with van der Waals surface area (Å²) < 4.78 is 5.25. The van der Waals surface area contributed by atoms with Gasteiger partial charge >= 0.3 is 0 Å². The molecule has 10 nitrogen and oxygen atoms in total. The number of anilines is 2. The number of nitrogens with zero attached hydrogens (tertiary/aromatic N) is 3. The zero-order chi connectivity index (χ0) is 26.4. The Labute approximate surface area is 220 Å². The summed E-state index contributed by atoms with van der Waals surface area (Å²) in [6.07, 6.45) is 7.21. The number of likely N-dealkylation sites (N-methyl/N-ethyl adjacent to an activating group) is 1. The van der Waals surface area contributed by atoms with Crippen LogP contribution in [0.4, 0.5) is 11.6 Å². The second kappa shape index (κ2) is 12.0. The average Bonchev–Trinajstić information content (AvgIpc) is 3.46. The van der Waals surface area contributed by atoms with Crippen molar-refractivity contribution in [2.45, 2.75) is 45.2 Å². The number of carbonyl (C=O) groups excluding carboxylic acids is 2. The predicted molar refractivity (Wildman–Crippen MR) is 143 cm³/mol. The molecule has 0 unspecified atom stereocenters. The molecule has 2 heterocycles. The number of hydrogen-bond acceptors (Lipinski definition) is 8. The third-order valence-corrected chi connectivity index (χ3v) is 6.40. The minimum atomic E-state index is -0.222. The minimum Gasteiger partial charge on any atom is -0.361 e. The SMILES string of the molecule is CNC/C=C/C(=O)Nc1ccc(C(=O)N[C@@H]2CC[C@H](Nc3ncc(Cl)c(-c4c(C)noc4C)n3)C2)cc1. The van der Waals surface area contributed by atoms with Crippen molar-refractivity contribution >= 4 is 35.1 Å². The number of rotatable bonds is 9. The van der Waals surface area contributed by atoms with E-state index in [9.17, 15) is 9.59 Å². The first-order valence-corrected chi connectivity index (χ1v) is 12.5. The van der Waals surface area contributed by atoms with E-state index in [4.69, 9.17) is 16.1 Å². The Bertz CT molecular complexity index is 1270. The first-order chi connectivity index (χ1) is 17.8. The van der Waals surface area contributed by atoms with Gasteiger partial charge in [0.05, 0.1) is 28.2 Å². The molecule has 4 N–H and O–H groups in total. The van der Waals surface area contributed by atoms with Gasteiger partial charge in [-0.25, -0.2) is 9.97 Å². The van der Waals surface area contributed by atoms with Crippen LogP contribution >= 0.6 is 11.6 Å². The predicted octanol–water partition coefficient (Wildman–Crippen LogP) is 3.88. The van der Waals surface area contributed by atoms with E-state index in [2.05, 4.69) is 36.4 Å². The van der Waals surface area contributed by atoms with E-state index in [1.54, 1.807) is 43.6 Å². The van der Waals surface area contributed by atoms with Gasteiger partial charge in [-0.2, -0.15) is 0 Å². The Kier molecular flexibility index (Phi) is 8.52. The molecule has 11 heteroatoms. The van der Waals surface area contributed by atoms with Crippen molar-refractivity contribution in [3.05, 3.63) is 64.7 Å². The molecule has 0 radical (unpaired) electrons. The standard InChI is InChI=1S/C26H30ClN7O3/c1-15-23(16(2)37-34-15)24-21(27)14-29-26(33-24)32-20-11-10-19(13-20)31-25(36)17-6-8-18(9-7-17)30-22(35)5-4-12-28-3/h4-9,14,19-20,28H,10-13H2,1-3H3,(H,30,35)(H,31,36)(H,29,32,33)/b5-4+/t19-,20+/m1/s1. The summed E-state index contributed by atoms with van der Waals surface area (Å²) in [5.41, 5.74) is 3.21. The Hall–Kier alpha value is -3.76. The first kappa shape index (κ1) is 26.3. The highest BCUT2D eigenvalue weighted by Crippen LogP contribution is 2.32. The second-order valence-corrected chi connectivity index (χ2v) is 9.35. The molecular formula is C26H30ClN7O3. The fraction of sp³-hybridized carbons (Fsp3) is 0.346. The third kappa shape index (κ3) is 6.72. The third-order valence-electron chi connectivity index (χ3n) is 6.12. The summed E-state index contributed by atoms with van der Waals surface area (Å²) >= 11 is 6.35. The molecule has 1 fully saturated rings. The summed E-state index contributed by atoms with van der Waals surface area (Å²) in [5, 5.41) is 16.6. The lowest BCUT2D eigenvalue weighted by atomic mass is 10.1. The van der Waals surface area contributed by atoms with E-state index in [1.807, 2.05) is 13.8 Å². The van der Waals surface area contributed by atoms with Crippen molar-refractivity contribution in [1.82, 2.24) is 25.8 Å². The van der Waals surface area contributed by atoms with Crippen molar-refractivity contribution in [2.24, 2.45) is 0 Å². The summed E-state index contributed by atoms with van der Waals surface area (Å²) in [6, 6.07) is 6.96. The number of carbonyl (C=O) groups is 2. The van der Waals surface area contributed by atoms with Crippen LogP contribution in [0.5, 0.6) is 0 Å². The normalized spacial score (nSPS) is 17.2. The molecular weight excluding hydrogens is 494 g/mol. The number of benzene rings is 1. The number of halogens is 1. The van der Waals surface area contributed by atoms with Crippen LogP contribution in [0.3, 0.4) is 0 Å². The molecule has 1 aromatic carbocycles. The van der Waals surface area contributed by atoms with Crippen molar-refractivity contribution in [3.8, 4) is 11.3 Å². The Morgan fingerprint density at radius 2 is 1.92 bits per heavy atom. The fourth-order valence-electron chi connectivity index (χ4n) is 4.30. The van der Waals surface area contributed by atoms with Crippen LogP contribution in [0, 0.1) is 13.8 Å². The summed E-state index contributed by atoms with van der Waals surface area (Å²) in [4.78, 5) is 33.6. The Morgan fingerprint density at radius 1 is 1.16 bits per heavy atom. The Balaban J connectivity index is 1.31. The van der Waals surface area contributed by atoms with Gasteiger partial charge in [0.1, 0.15) is 5.76 Å². The number of nitrogens with one attached hydrogen (secondary N) is 4. The first-order valence-electron chi connectivity index (χ1n) is 12.1.